The topological polar surface area (TPSA) is 46.8 Å². The van der Waals surface area contributed by atoms with Crippen molar-refractivity contribution in [3.8, 4) is 0 Å². The summed E-state index contributed by atoms with van der Waals surface area (Å²) in [5.41, 5.74) is 3.02. The van der Waals surface area contributed by atoms with Crippen LogP contribution in [0.15, 0.2) is 18.6 Å². The molecule has 0 unspecified atom stereocenters. The molecule has 18 heavy (non-hydrogen) atoms. The summed E-state index contributed by atoms with van der Waals surface area (Å²) in [6.45, 7) is 2.67. The van der Waals surface area contributed by atoms with Gasteiger partial charge >= 0.3 is 0 Å². The van der Waals surface area contributed by atoms with Crippen molar-refractivity contribution >= 4 is 17.5 Å². The van der Waals surface area contributed by atoms with Crippen LogP contribution in [-0.2, 0) is 19.5 Å². The van der Waals surface area contributed by atoms with Gasteiger partial charge in [-0.1, -0.05) is 0 Å². The first-order valence-corrected chi connectivity index (χ1v) is 6.20. The van der Waals surface area contributed by atoms with Crippen molar-refractivity contribution in [2.24, 2.45) is 7.05 Å². The van der Waals surface area contributed by atoms with Crippen LogP contribution in [0.5, 0.6) is 0 Å². The summed E-state index contributed by atoms with van der Waals surface area (Å²) >= 11 is 5.79. The zero-order chi connectivity index (χ0) is 13.1. The summed E-state index contributed by atoms with van der Waals surface area (Å²) in [5.74, 6) is 1.14. The number of hydrogen-bond acceptors (Lipinski definition) is 4. The molecule has 5 nitrogen and oxygen atoms in total. The molecule has 0 atom stereocenters. The SMILES string of the molecule is Cc1nc(N(C)Cc2cnn(C)c2)ncc1CCl. The second-order valence-electron chi connectivity index (χ2n) is 4.29. The normalized spacial score (nSPS) is 10.7. The van der Waals surface area contributed by atoms with Gasteiger partial charge in [0.25, 0.3) is 0 Å². The smallest absolute Gasteiger partial charge is 0.225 e. The number of halogens is 1. The van der Waals surface area contributed by atoms with Gasteiger partial charge in [0, 0.05) is 49.9 Å². The number of anilines is 1. The Bertz CT molecular complexity index is 537. The second-order valence-corrected chi connectivity index (χ2v) is 4.56. The largest absolute Gasteiger partial charge is 0.339 e. The molecule has 2 rings (SSSR count). The molecule has 2 aromatic heterocycles. The molecule has 6 heteroatoms. The summed E-state index contributed by atoms with van der Waals surface area (Å²) in [4.78, 5) is 10.8. The van der Waals surface area contributed by atoms with Gasteiger partial charge in [0.1, 0.15) is 0 Å². The molecule has 0 aromatic carbocycles. The Morgan fingerprint density at radius 3 is 2.72 bits per heavy atom. The molecule has 0 N–H and O–H groups in total. The summed E-state index contributed by atoms with van der Waals surface area (Å²) in [5, 5.41) is 4.14. The van der Waals surface area contributed by atoms with Gasteiger partial charge in [-0.25, -0.2) is 9.97 Å². The van der Waals surface area contributed by atoms with Gasteiger partial charge in [0.15, 0.2) is 0 Å². The standard InChI is InChI=1S/C12H16ClN5/c1-9-11(4-13)6-14-12(16-9)17(2)7-10-5-15-18(3)8-10/h5-6,8H,4,7H2,1-3H3. The number of aromatic nitrogens is 4. The third-order valence-corrected chi connectivity index (χ3v) is 3.02. The number of alkyl halides is 1. The lowest BCUT2D eigenvalue weighted by Gasteiger charge is -2.16. The van der Waals surface area contributed by atoms with Crippen LogP contribution in [0.4, 0.5) is 5.95 Å². The van der Waals surface area contributed by atoms with Crippen LogP contribution in [0.2, 0.25) is 0 Å². The first-order valence-electron chi connectivity index (χ1n) is 5.67. The molecule has 0 aliphatic rings. The molecule has 0 saturated carbocycles. The fourth-order valence-electron chi connectivity index (χ4n) is 1.69. The first-order chi connectivity index (χ1) is 8.60. The molecule has 0 saturated heterocycles. The lowest BCUT2D eigenvalue weighted by atomic mass is 10.3. The maximum atomic E-state index is 5.79. The van der Waals surface area contributed by atoms with Crippen molar-refractivity contribution in [3.63, 3.8) is 0 Å². The van der Waals surface area contributed by atoms with Gasteiger partial charge in [-0.3, -0.25) is 4.68 Å². The van der Waals surface area contributed by atoms with Gasteiger partial charge in [-0.2, -0.15) is 5.10 Å². The highest BCUT2D eigenvalue weighted by Crippen LogP contribution is 2.13. The Kier molecular flexibility index (Phi) is 3.81. The third-order valence-electron chi connectivity index (χ3n) is 2.73. The van der Waals surface area contributed by atoms with E-state index in [0.29, 0.717) is 11.8 Å². The first kappa shape index (κ1) is 12.8. The van der Waals surface area contributed by atoms with Gasteiger partial charge < -0.3 is 4.90 Å². The number of nitrogens with zero attached hydrogens (tertiary/aromatic N) is 5. The van der Waals surface area contributed by atoms with E-state index in [1.807, 2.05) is 38.3 Å². The highest BCUT2D eigenvalue weighted by molar-refractivity contribution is 6.17. The summed E-state index contributed by atoms with van der Waals surface area (Å²) in [7, 11) is 3.86. The summed E-state index contributed by atoms with van der Waals surface area (Å²) in [6.07, 6.45) is 5.61. The minimum Gasteiger partial charge on any atom is -0.339 e. The average molecular weight is 266 g/mol. The molecule has 0 amide bonds. The van der Waals surface area contributed by atoms with E-state index in [0.717, 1.165) is 23.4 Å². The Morgan fingerprint density at radius 2 is 2.17 bits per heavy atom. The van der Waals surface area contributed by atoms with Crippen molar-refractivity contribution < 1.29 is 0 Å². The number of rotatable bonds is 4. The van der Waals surface area contributed by atoms with E-state index in [-0.39, 0.29) is 0 Å². The van der Waals surface area contributed by atoms with Gasteiger partial charge in [0.2, 0.25) is 5.95 Å². The third kappa shape index (κ3) is 2.79. The lowest BCUT2D eigenvalue weighted by Crippen LogP contribution is -2.19. The molecule has 0 bridgehead atoms. The Balaban J connectivity index is 2.13. The highest BCUT2D eigenvalue weighted by Gasteiger charge is 2.08. The van der Waals surface area contributed by atoms with Crippen LogP contribution in [0.1, 0.15) is 16.8 Å². The van der Waals surface area contributed by atoms with Crippen LogP contribution in [0.25, 0.3) is 0 Å². The highest BCUT2D eigenvalue weighted by atomic mass is 35.5. The zero-order valence-electron chi connectivity index (χ0n) is 10.8. The summed E-state index contributed by atoms with van der Waals surface area (Å²) < 4.78 is 1.78. The molecule has 0 aliphatic heterocycles. The second kappa shape index (κ2) is 5.35. The van der Waals surface area contributed by atoms with Crippen LogP contribution in [0.3, 0.4) is 0 Å². The van der Waals surface area contributed by atoms with E-state index in [9.17, 15) is 0 Å². The predicted octanol–water partition coefficient (Wildman–Crippen LogP) is 1.89. The van der Waals surface area contributed by atoms with E-state index >= 15 is 0 Å². The zero-order valence-corrected chi connectivity index (χ0v) is 11.5. The van der Waals surface area contributed by atoms with Crippen molar-refractivity contribution in [1.82, 2.24) is 19.7 Å². The fraction of sp³-hybridized carbons (Fsp3) is 0.417. The minimum absolute atomic E-state index is 0.443. The average Bonchev–Trinajstić information content (AvgIpc) is 2.74. The van der Waals surface area contributed by atoms with E-state index in [4.69, 9.17) is 11.6 Å². The quantitative estimate of drug-likeness (QED) is 0.792. The Labute approximate surface area is 111 Å². The van der Waals surface area contributed by atoms with Crippen molar-refractivity contribution in [2.45, 2.75) is 19.3 Å². The lowest BCUT2D eigenvalue weighted by molar-refractivity contribution is 0.766. The molecule has 2 aromatic rings. The van der Waals surface area contributed by atoms with Crippen molar-refractivity contribution in [3.05, 3.63) is 35.4 Å². The van der Waals surface area contributed by atoms with Crippen molar-refractivity contribution in [1.29, 1.82) is 0 Å². The number of aryl methyl sites for hydroxylation is 2. The molecular formula is C12H16ClN5. The molecule has 2 heterocycles. The molecule has 0 spiro atoms. The Hall–Kier alpha value is -1.62. The maximum absolute atomic E-state index is 5.79. The number of hydrogen-bond donors (Lipinski definition) is 0. The summed E-state index contributed by atoms with van der Waals surface area (Å²) in [6, 6.07) is 0. The Morgan fingerprint density at radius 1 is 1.39 bits per heavy atom. The van der Waals surface area contributed by atoms with Crippen LogP contribution < -0.4 is 4.90 Å². The van der Waals surface area contributed by atoms with Crippen molar-refractivity contribution in [2.75, 3.05) is 11.9 Å². The van der Waals surface area contributed by atoms with Crippen LogP contribution in [-0.4, -0.2) is 26.8 Å². The molecule has 96 valence electrons. The molecule has 0 radical (unpaired) electrons. The monoisotopic (exact) mass is 265 g/mol. The molecular weight excluding hydrogens is 250 g/mol. The maximum Gasteiger partial charge on any atom is 0.225 e. The van der Waals surface area contributed by atoms with Gasteiger partial charge in [0.05, 0.1) is 12.1 Å². The molecule has 0 fully saturated rings. The van der Waals surface area contributed by atoms with Crippen LogP contribution >= 0.6 is 11.6 Å². The van der Waals surface area contributed by atoms with E-state index in [2.05, 4.69) is 15.1 Å². The van der Waals surface area contributed by atoms with Gasteiger partial charge in [-0.05, 0) is 6.92 Å². The van der Waals surface area contributed by atoms with E-state index in [1.165, 1.54) is 0 Å². The van der Waals surface area contributed by atoms with Crippen LogP contribution in [0, 0.1) is 6.92 Å². The fourth-order valence-corrected chi connectivity index (χ4v) is 1.96. The van der Waals surface area contributed by atoms with Gasteiger partial charge in [-0.15, -0.1) is 11.6 Å². The molecule has 0 aliphatic carbocycles. The predicted molar refractivity (Wildman–Crippen MR) is 71.6 cm³/mol. The van der Waals surface area contributed by atoms with E-state index < -0.39 is 0 Å². The van der Waals surface area contributed by atoms with E-state index in [1.54, 1.807) is 10.9 Å². The minimum atomic E-state index is 0.443.